The van der Waals surface area contributed by atoms with Gasteiger partial charge in [-0.3, -0.25) is 0 Å². The van der Waals surface area contributed by atoms with Gasteiger partial charge in [0.25, 0.3) is 6.01 Å². The number of anilines is 2. The third kappa shape index (κ3) is 3.68. The Balaban J connectivity index is 0.00000110. The van der Waals surface area contributed by atoms with E-state index in [9.17, 15) is 0 Å². The number of fused-ring (bicyclic) bond motifs is 1. The van der Waals surface area contributed by atoms with Crippen LogP contribution in [0.4, 0.5) is 11.8 Å². The van der Waals surface area contributed by atoms with Crippen molar-refractivity contribution in [2.75, 3.05) is 11.5 Å². The van der Waals surface area contributed by atoms with E-state index in [0.29, 0.717) is 23.8 Å². The Morgan fingerprint density at radius 2 is 1.95 bits per heavy atom. The molecule has 0 saturated heterocycles. The summed E-state index contributed by atoms with van der Waals surface area (Å²) in [6.07, 6.45) is 1.62. The van der Waals surface area contributed by atoms with E-state index < -0.39 is 0 Å². The van der Waals surface area contributed by atoms with Gasteiger partial charge in [0, 0.05) is 6.20 Å². The molecule has 4 N–H and O–H groups in total. The number of oxazole rings is 1. The summed E-state index contributed by atoms with van der Waals surface area (Å²) in [5, 5.41) is 0. The van der Waals surface area contributed by atoms with Crippen LogP contribution < -0.4 is 16.2 Å². The van der Waals surface area contributed by atoms with Gasteiger partial charge in [-0.05, 0) is 29.8 Å². The van der Waals surface area contributed by atoms with E-state index in [-0.39, 0.29) is 30.8 Å². The molecule has 0 fully saturated rings. The molecule has 0 unspecified atom stereocenters. The molecule has 0 atom stereocenters. The smallest absolute Gasteiger partial charge is 0.292 e. The van der Waals surface area contributed by atoms with Crippen LogP contribution >= 0.6 is 24.8 Å². The third-order valence-electron chi connectivity index (χ3n) is 2.66. The number of hydrogen-bond acceptors (Lipinski definition) is 6. The predicted molar refractivity (Wildman–Crippen MR) is 85.9 cm³/mol. The van der Waals surface area contributed by atoms with Gasteiger partial charge in [0.15, 0.2) is 17.2 Å². The van der Waals surface area contributed by atoms with Gasteiger partial charge < -0.3 is 20.6 Å². The summed E-state index contributed by atoms with van der Waals surface area (Å²) in [4.78, 5) is 7.98. The molecule has 0 spiro atoms. The number of nitrogens with two attached hydrogens (primary N) is 2. The molecule has 21 heavy (non-hydrogen) atoms. The number of benzene rings is 1. The molecule has 1 aromatic carbocycles. The summed E-state index contributed by atoms with van der Waals surface area (Å²) < 4.78 is 10.9. The van der Waals surface area contributed by atoms with Crippen LogP contribution in [0.25, 0.3) is 11.1 Å². The normalized spacial score (nSPS) is 9.71. The Morgan fingerprint density at radius 3 is 2.71 bits per heavy atom. The summed E-state index contributed by atoms with van der Waals surface area (Å²) in [5.74, 6) is 0.923. The van der Waals surface area contributed by atoms with Gasteiger partial charge in [0.2, 0.25) is 0 Å². The van der Waals surface area contributed by atoms with E-state index in [0.717, 1.165) is 11.1 Å². The minimum atomic E-state index is 0. The number of hydrogen-bond donors (Lipinski definition) is 2. The van der Waals surface area contributed by atoms with Gasteiger partial charge in [-0.1, -0.05) is 6.07 Å². The lowest BCUT2D eigenvalue weighted by Gasteiger charge is -2.07. The van der Waals surface area contributed by atoms with Crippen molar-refractivity contribution in [1.29, 1.82) is 0 Å². The molecule has 0 saturated carbocycles. The van der Waals surface area contributed by atoms with Gasteiger partial charge in [0.1, 0.15) is 12.1 Å². The van der Waals surface area contributed by atoms with Crippen molar-refractivity contribution in [1.82, 2.24) is 9.97 Å². The van der Waals surface area contributed by atoms with Crippen LogP contribution in [-0.2, 0) is 6.61 Å². The van der Waals surface area contributed by atoms with Crippen molar-refractivity contribution < 1.29 is 9.15 Å². The predicted octanol–water partition coefficient (Wildman–Crippen LogP) is 2.81. The number of ether oxygens (including phenoxy) is 1. The second-order valence-corrected chi connectivity index (χ2v) is 4.03. The lowest BCUT2D eigenvalue weighted by atomic mass is 10.2. The Kier molecular flexibility index (Phi) is 5.63. The molecule has 8 heteroatoms. The minimum absolute atomic E-state index is 0. The zero-order chi connectivity index (χ0) is 13.2. The van der Waals surface area contributed by atoms with Crippen molar-refractivity contribution in [3.63, 3.8) is 0 Å². The van der Waals surface area contributed by atoms with E-state index in [1.54, 1.807) is 18.3 Å². The largest absolute Gasteiger partial charge is 0.485 e. The van der Waals surface area contributed by atoms with Gasteiger partial charge in [-0.15, -0.1) is 24.8 Å². The molecule has 0 radical (unpaired) electrons. The number of rotatable bonds is 3. The van der Waals surface area contributed by atoms with Crippen molar-refractivity contribution >= 4 is 47.7 Å². The summed E-state index contributed by atoms with van der Waals surface area (Å²) in [6, 6.07) is 9.27. The van der Waals surface area contributed by atoms with Gasteiger partial charge in [-0.2, -0.15) is 4.98 Å². The number of halogens is 2. The summed E-state index contributed by atoms with van der Waals surface area (Å²) >= 11 is 0. The van der Waals surface area contributed by atoms with Gasteiger partial charge >= 0.3 is 0 Å². The van der Waals surface area contributed by atoms with Crippen LogP contribution in [0.2, 0.25) is 0 Å². The highest BCUT2D eigenvalue weighted by Crippen LogP contribution is 2.21. The fraction of sp³-hybridized carbons (Fsp3) is 0.0769. The molecule has 6 nitrogen and oxygen atoms in total. The Morgan fingerprint density at radius 1 is 1.14 bits per heavy atom. The number of nitrogen functional groups attached to an aromatic ring is 2. The average molecular weight is 329 g/mol. The van der Waals surface area contributed by atoms with Crippen LogP contribution in [0.15, 0.2) is 40.9 Å². The summed E-state index contributed by atoms with van der Waals surface area (Å²) in [7, 11) is 0. The van der Waals surface area contributed by atoms with Crippen LogP contribution in [0.3, 0.4) is 0 Å². The maximum absolute atomic E-state index is 5.70. The first-order chi connectivity index (χ1) is 9.22. The molecule has 3 rings (SSSR count). The second kappa shape index (κ2) is 7.01. The standard InChI is InChI=1S/C13H12N4O2.2ClH/c14-12-10(2-1-5-16-12)18-7-8-3-4-9-11(6-8)19-13(15)17-9;;/h1-6H,7H2,(H2,14,16)(H2,15,17);2*1H. The first kappa shape index (κ1) is 16.9. The van der Waals surface area contributed by atoms with E-state index in [1.165, 1.54) is 0 Å². The average Bonchev–Trinajstić information content (AvgIpc) is 2.77. The SMILES string of the molecule is Cl.Cl.Nc1nc2ccc(COc3cccnc3N)cc2o1. The zero-order valence-electron chi connectivity index (χ0n) is 10.9. The van der Waals surface area contributed by atoms with Gasteiger partial charge in [0.05, 0.1) is 0 Å². The molecular formula is C13H14Cl2N4O2. The van der Waals surface area contributed by atoms with Crippen LogP contribution in [0.1, 0.15) is 5.56 Å². The molecule has 0 aliphatic carbocycles. The molecule has 2 aromatic heterocycles. The molecule has 2 heterocycles. The molecule has 0 bridgehead atoms. The summed E-state index contributed by atoms with van der Waals surface area (Å²) in [6.45, 7) is 0.367. The highest BCUT2D eigenvalue weighted by molar-refractivity contribution is 5.85. The fourth-order valence-corrected chi connectivity index (χ4v) is 1.76. The first-order valence-corrected chi connectivity index (χ1v) is 5.70. The monoisotopic (exact) mass is 328 g/mol. The Bertz CT molecular complexity index is 733. The van der Waals surface area contributed by atoms with Gasteiger partial charge in [-0.25, -0.2) is 4.98 Å². The highest BCUT2D eigenvalue weighted by atomic mass is 35.5. The van der Waals surface area contributed by atoms with Crippen molar-refractivity contribution in [3.8, 4) is 5.75 Å². The summed E-state index contributed by atoms with van der Waals surface area (Å²) in [5.41, 5.74) is 13.5. The van der Waals surface area contributed by atoms with E-state index in [4.69, 9.17) is 20.6 Å². The maximum atomic E-state index is 5.70. The second-order valence-electron chi connectivity index (χ2n) is 4.03. The van der Waals surface area contributed by atoms with Crippen molar-refractivity contribution in [2.45, 2.75) is 6.61 Å². The zero-order valence-corrected chi connectivity index (χ0v) is 12.5. The molecule has 0 aliphatic heterocycles. The van der Waals surface area contributed by atoms with Crippen LogP contribution in [0, 0.1) is 0 Å². The quantitative estimate of drug-likeness (QED) is 0.766. The van der Waals surface area contributed by atoms with Crippen molar-refractivity contribution in [3.05, 3.63) is 42.1 Å². The topological polar surface area (TPSA) is 100 Å². The molecule has 0 amide bonds. The number of nitrogens with zero attached hydrogens (tertiary/aromatic N) is 2. The lowest BCUT2D eigenvalue weighted by molar-refractivity contribution is 0.307. The molecule has 0 aliphatic rings. The Hall–Kier alpha value is -2.18. The Labute approximate surface area is 133 Å². The van der Waals surface area contributed by atoms with Crippen LogP contribution in [-0.4, -0.2) is 9.97 Å². The number of aromatic nitrogens is 2. The lowest BCUT2D eigenvalue weighted by Crippen LogP contribution is -1.99. The van der Waals surface area contributed by atoms with Crippen molar-refractivity contribution in [2.24, 2.45) is 0 Å². The maximum Gasteiger partial charge on any atom is 0.292 e. The molecular weight excluding hydrogens is 315 g/mol. The fourth-order valence-electron chi connectivity index (χ4n) is 1.76. The van der Waals surface area contributed by atoms with E-state index in [1.807, 2.05) is 18.2 Å². The highest BCUT2D eigenvalue weighted by Gasteiger charge is 2.05. The van der Waals surface area contributed by atoms with Crippen LogP contribution in [0.5, 0.6) is 5.75 Å². The minimum Gasteiger partial charge on any atom is -0.485 e. The first-order valence-electron chi connectivity index (χ1n) is 5.70. The molecule has 3 aromatic rings. The third-order valence-corrected chi connectivity index (χ3v) is 2.66. The van der Waals surface area contributed by atoms with E-state index >= 15 is 0 Å². The molecule has 112 valence electrons. The van der Waals surface area contributed by atoms with E-state index in [2.05, 4.69) is 9.97 Å². The number of pyridine rings is 1.